The van der Waals surface area contributed by atoms with Crippen molar-refractivity contribution in [2.24, 2.45) is 0 Å². The number of phenolic OH excluding ortho intramolecular Hbond substituents is 2. The van der Waals surface area contributed by atoms with E-state index in [9.17, 15) is 45.6 Å². The third-order valence-electron chi connectivity index (χ3n) is 7.14. The number of fused-ring (bicyclic) bond motifs is 1. The fourth-order valence-electron chi connectivity index (χ4n) is 4.71. The van der Waals surface area contributed by atoms with E-state index >= 15 is 0 Å². The van der Waals surface area contributed by atoms with Crippen molar-refractivity contribution < 1.29 is 64.2 Å². The van der Waals surface area contributed by atoms with E-state index in [-0.39, 0.29) is 33.8 Å². The Labute approximate surface area is 231 Å². The molecule has 0 radical (unpaired) electrons. The Bertz CT molecular complexity index is 1460. The number of aromatic hydroxyl groups is 2. The molecule has 222 valence electrons. The molecule has 0 unspecified atom stereocenters. The number of hydrogen-bond acceptors (Lipinski definition) is 14. The summed E-state index contributed by atoms with van der Waals surface area (Å²) in [5, 5.41) is 81.1. The smallest absolute Gasteiger partial charge is 0.239 e. The molecule has 5 rings (SSSR count). The van der Waals surface area contributed by atoms with Gasteiger partial charge in [-0.3, -0.25) is 4.79 Å². The lowest BCUT2D eigenvalue weighted by atomic mass is 10.00. The van der Waals surface area contributed by atoms with Gasteiger partial charge in [0.1, 0.15) is 64.8 Å². The summed E-state index contributed by atoms with van der Waals surface area (Å²) in [4.78, 5) is 13.7. The molecule has 41 heavy (non-hydrogen) atoms. The molecule has 3 aromatic rings. The highest BCUT2D eigenvalue weighted by molar-refractivity contribution is 5.88. The first kappa shape index (κ1) is 29.0. The van der Waals surface area contributed by atoms with Crippen LogP contribution >= 0.6 is 0 Å². The van der Waals surface area contributed by atoms with E-state index in [4.69, 9.17) is 23.4 Å². The first-order chi connectivity index (χ1) is 19.4. The van der Waals surface area contributed by atoms with Crippen LogP contribution in [0.4, 0.5) is 0 Å². The molecule has 14 nitrogen and oxygen atoms in total. The Kier molecular flexibility index (Phi) is 7.84. The van der Waals surface area contributed by atoms with Crippen LogP contribution in [-0.2, 0) is 9.47 Å². The maximum atomic E-state index is 13.7. The van der Waals surface area contributed by atoms with Crippen molar-refractivity contribution in [1.29, 1.82) is 0 Å². The molecule has 1 aromatic heterocycles. The molecule has 2 aliphatic heterocycles. The third kappa shape index (κ3) is 5.31. The van der Waals surface area contributed by atoms with E-state index in [1.165, 1.54) is 44.2 Å². The van der Waals surface area contributed by atoms with Crippen LogP contribution in [0.1, 0.15) is 13.8 Å². The number of ether oxygens (including phenoxy) is 4. The molecule has 0 spiro atoms. The highest BCUT2D eigenvalue weighted by atomic mass is 16.7. The summed E-state index contributed by atoms with van der Waals surface area (Å²) < 4.78 is 28.2. The summed E-state index contributed by atoms with van der Waals surface area (Å²) in [5.74, 6) is -1.55. The Morgan fingerprint density at radius 1 is 0.707 bits per heavy atom. The van der Waals surface area contributed by atoms with Crippen LogP contribution in [0.15, 0.2) is 45.6 Å². The first-order valence-electron chi connectivity index (χ1n) is 12.7. The molecular formula is C27H30O14. The SMILES string of the molecule is C[C@@H]1O[C@@H](Oc2cc(O)c3c(=O)c(O[C@@H]4O[C@H](C)[C@H](O)[C@H](O)[C@@H]4O)c(-c4ccc(O)cc4)oc3c2)[C@@H](O)[C@@H](O)[C@H]1O. The summed E-state index contributed by atoms with van der Waals surface area (Å²) in [5.41, 5.74) is -0.865. The van der Waals surface area contributed by atoms with Gasteiger partial charge < -0.3 is 64.2 Å². The number of hydrogen-bond donors (Lipinski definition) is 8. The van der Waals surface area contributed by atoms with Gasteiger partial charge in [-0.25, -0.2) is 0 Å². The summed E-state index contributed by atoms with van der Waals surface area (Å²) in [6.07, 6.45) is -14.3. The fourth-order valence-corrected chi connectivity index (χ4v) is 4.71. The van der Waals surface area contributed by atoms with Gasteiger partial charge in [0.25, 0.3) is 0 Å². The Morgan fingerprint density at radius 2 is 1.24 bits per heavy atom. The predicted molar refractivity (Wildman–Crippen MR) is 137 cm³/mol. The van der Waals surface area contributed by atoms with Crippen molar-refractivity contribution in [1.82, 2.24) is 0 Å². The van der Waals surface area contributed by atoms with E-state index in [0.717, 1.165) is 6.07 Å². The average Bonchev–Trinajstić information content (AvgIpc) is 2.93. The number of rotatable bonds is 5. The molecule has 10 atom stereocenters. The molecule has 2 saturated heterocycles. The monoisotopic (exact) mass is 578 g/mol. The summed E-state index contributed by atoms with van der Waals surface area (Å²) in [6, 6.07) is 7.71. The van der Waals surface area contributed by atoms with Gasteiger partial charge in [-0.2, -0.15) is 0 Å². The number of phenols is 2. The van der Waals surface area contributed by atoms with E-state index in [0.29, 0.717) is 0 Å². The summed E-state index contributed by atoms with van der Waals surface area (Å²) in [7, 11) is 0. The van der Waals surface area contributed by atoms with Gasteiger partial charge in [0.15, 0.2) is 5.76 Å². The van der Waals surface area contributed by atoms with Gasteiger partial charge in [0.2, 0.25) is 23.8 Å². The van der Waals surface area contributed by atoms with Crippen molar-refractivity contribution >= 4 is 11.0 Å². The lowest BCUT2D eigenvalue weighted by molar-refractivity contribution is -0.268. The lowest BCUT2D eigenvalue weighted by Gasteiger charge is -2.39. The van der Waals surface area contributed by atoms with E-state index in [1.54, 1.807) is 0 Å². The molecule has 2 fully saturated rings. The van der Waals surface area contributed by atoms with Crippen molar-refractivity contribution in [3.8, 4) is 34.3 Å². The Morgan fingerprint density at radius 3 is 1.80 bits per heavy atom. The zero-order valence-corrected chi connectivity index (χ0v) is 21.8. The van der Waals surface area contributed by atoms with Gasteiger partial charge >= 0.3 is 0 Å². The van der Waals surface area contributed by atoms with Crippen LogP contribution in [-0.4, -0.2) is 102 Å². The van der Waals surface area contributed by atoms with Gasteiger partial charge in [-0.05, 0) is 38.1 Å². The third-order valence-corrected chi connectivity index (χ3v) is 7.14. The minimum absolute atomic E-state index is 0.0859. The van der Waals surface area contributed by atoms with Gasteiger partial charge in [-0.15, -0.1) is 0 Å². The highest BCUT2D eigenvalue weighted by Gasteiger charge is 2.45. The number of benzene rings is 2. The van der Waals surface area contributed by atoms with Gasteiger partial charge in [0.05, 0.1) is 12.2 Å². The maximum absolute atomic E-state index is 13.7. The molecule has 8 N–H and O–H groups in total. The molecule has 2 aromatic carbocycles. The Balaban J connectivity index is 1.58. The van der Waals surface area contributed by atoms with Crippen molar-refractivity contribution in [3.05, 3.63) is 46.6 Å². The lowest BCUT2D eigenvalue weighted by Crippen LogP contribution is -2.58. The van der Waals surface area contributed by atoms with Gasteiger partial charge in [0, 0.05) is 17.7 Å². The zero-order chi connectivity index (χ0) is 29.7. The maximum Gasteiger partial charge on any atom is 0.239 e. The molecular weight excluding hydrogens is 548 g/mol. The van der Waals surface area contributed by atoms with Crippen molar-refractivity contribution in [2.75, 3.05) is 0 Å². The molecule has 14 heteroatoms. The molecule has 0 aliphatic carbocycles. The predicted octanol–water partition coefficient (Wildman–Crippen LogP) is -0.716. The van der Waals surface area contributed by atoms with Crippen LogP contribution in [0.2, 0.25) is 0 Å². The Hall–Kier alpha value is -3.47. The average molecular weight is 579 g/mol. The largest absolute Gasteiger partial charge is 0.508 e. The normalized spacial score (nSPS) is 34.0. The van der Waals surface area contributed by atoms with E-state index < -0.39 is 78.3 Å². The quantitative estimate of drug-likeness (QED) is 0.187. The van der Waals surface area contributed by atoms with Crippen molar-refractivity contribution in [3.63, 3.8) is 0 Å². The van der Waals surface area contributed by atoms with Crippen LogP contribution in [0, 0.1) is 0 Å². The minimum Gasteiger partial charge on any atom is -0.508 e. The second-order valence-electron chi connectivity index (χ2n) is 10.1. The second-order valence-corrected chi connectivity index (χ2v) is 10.1. The summed E-state index contributed by atoms with van der Waals surface area (Å²) in [6.45, 7) is 2.90. The standard InChI is InChI=1S/C27H30O14/c1-9-17(30)20(33)22(35)26(37-9)39-13-7-14(29)16-15(8-13)40-24(11-3-5-12(28)6-4-11)25(19(16)32)41-27-23(36)21(34)18(31)10(2)38-27/h3-10,17-18,20-23,26-31,33-36H,1-2H3/t9-,10+,17-,18-,20-,21-,22-,23-,26-,27-/m0/s1. The molecule has 3 heterocycles. The van der Waals surface area contributed by atoms with Crippen molar-refractivity contribution in [2.45, 2.75) is 75.3 Å². The van der Waals surface area contributed by atoms with Crippen LogP contribution < -0.4 is 14.9 Å². The van der Waals surface area contributed by atoms with E-state index in [2.05, 4.69) is 0 Å². The van der Waals surface area contributed by atoms with Crippen LogP contribution in [0.5, 0.6) is 23.0 Å². The van der Waals surface area contributed by atoms with Gasteiger partial charge in [-0.1, -0.05) is 0 Å². The van der Waals surface area contributed by atoms with Crippen LogP contribution in [0.25, 0.3) is 22.3 Å². The topological polar surface area (TPSA) is 229 Å². The van der Waals surface area contributed by atoms with E-state index in [1.807, 2.05) is 0 Å². The number of aliphatic hydroxyl groups excluding tert-OH is 6. The molecule has 0 amide bonds. The highest BCUT2D eigenvalue weighted by Crippen LogP contribution is 2.38. The zero-order valence-electron chi connectivity index (χ0n) is 21.8. The first-order valence-corrected chi connectivity index (χ1v) is 12.7. The minimum atomic E-state index is -1.76. The second kappa shape index (κ2) is 11.1. The number of aliphatic hydroxyl groups is 6. The molecule has 2 aliphatic rings. The fraction of sp³-hybridized carbons (Fsp3) is 0.444. The van der Waals surface area contributed by atoms with Crippen LogP contribution in [0.3, 0.4) is 0 Å². The molecule has 0 bridgehead atoms. The summed E-state index contributed by atoms with van der Waals surface area (Å²) >= 11 is 0. The molecule has 0 saturated carbocycles.